The van der Waals surface area contributed by atoms with E-state index in [-0.39, 0.29) is 11.9 Å². The van der Waals surface area contributed by atoms with Crippen molar-refractivity contribution in [2.24, 2.45) is 5.73 Å². The second-order valence-electron chi connectivity index (χ2n) is 5.68. The second-order valence-corrected chi connectivity index (χ2v) is 5.68. The van der Waals surface area contributed by atoms with Gasteiger partial charge in [-0.1, -0.05) is 30.3 Å². The summed E-state index contributed by atoms with van der Waals surface area (Å²) in [6.07, 6.45) is 1.07. The molecule has 0 aliphatic rings. The average molecular weight is 342 g/mol. The van der Waals surface area contributed by atoms with E-state index in [0.29, 0.717) is 32.6 Å². The fraction of sp³-hybridized carbons (Fsp3) is 0.350. The topological polar surface area (TPSA) is 73.6 Å². The summed E-state index contributed by atoms with van der Waals surface area (Å²) in [7, 11) is 0. The van der Waals surface area contributed by atoms with Crippen molar-refractivity contribution >= 4 is 5.91 Å². The smallest absolute Gasteiger partial charge is 0.220 e. The lowest BCUT2D eigenvalue weighted by Crippen LogP contribution is -2.31. The molecule has 2 aromatic rings. The van der Waals surface area contributed by atoms with Crippen molar-refractivity contribution in [3.8, 4) is 11.5 Å². The van der Waals surface area contributed by atoms with Gasteiger partial charge < -0.3 is 20.5 Å². The molecule has 134 valence electrons. The number of amides is 1. The van der Waals surface area contributed by atoms with Crippen LogP contribution in [0.15, 0.2) is 54.6 Å². The summed E-state index contributed by atoms with van der Waals surface area (Å²) in [5.74, 6) is 1.58. The molecular formula is C20H26N2O3. The molecule has 1 atom stereocenters. The van der Waals surface area contributed by atoms with Gasteiger partial charge in [0.25, 0.3) is 0 Å². The number of carbonyl (C=O) groups is 1. The van der Waals surface area contributed by atoms with Crippen LogP contribution in [0.2, 0.25) is 0 Å². The molecule has 0 aliphatic heterocycles. The first-order chi connectivity index (χ1) is 12.2. The average Bonchev–Trinajstić information content (AvgIpc) is 2.65. The summed E-state index contributed by atoms with van der Waals surface area (Å²) in [4.78, 5) is 11.9. The molecule has 0 saturated carbocycles. The molecular weight excluding hydrogens is 316 g/mol. The standard InChI is InChI=1S/C20H26N2O3/c1-2-24-17-10-12-18(13-11-17)25-14-6-9-20(23)22-15-19(21)16-7-4-3-5-8-16/h3-5,7-8,10-13,19H,2,6,9,14-15,21H2,1H3,(H,22,23). The first-order valence-corrected chi connectivity index (χ1v) is 8.62. The summed E-state index contributed by atoms with van der Waals surface area (Å²) >= 11 is 0. The number of hydrogen-bond donors (Lipinski definition) is 2. The van der Waals surface area contributed by atoms with E-state index in [1.165, 1.54) is 0 Å². The van der Waals surface area contributed by atoms with Crippen molar-refractivity contribution in [2.75, 3.05) is 19.8 Å². The molecule has 2 aromatic carbocycles. The molecule has 0 saturated heterocycles. The van der Waals surface area contributed by atoms with Crippen LogP contribution in [0.5, 0.6) is 11.5 Å². The largest absolute Gasteiger partial charge is 0.494 e. The molecule has 0 fully saturated rings. The summed E-state index contributed by atoms with van der Waals surface area (Å²) in [6.45, 7) is 3.51. The summed E-state index contributed by atoms with van der Waals surface area (Å²) in [6, 6.07) is 17.0. The van der Waals surface area contributed by atoms with Gasteiger partial charge in [0.15, 0.2) is 0 Å². The number of rotatable bonds is 10. The predicted octanol–water partition coefficient (Wildman–Crippen LogP) is 3.06. The Hall–Kier alpha value is -2.53. The number of nitrogens with two attached hydrogens (primary N) is 1. The number of benzene rings is 2. The zero-order valence-electron chi connectivity index (χ0n) is 14.6. The third-order valence-corrected chi connectivity index (χ3v) is 3.70. The van der Waals surface area contributed by atoms with E-state index < -0.39 is 0 Å². The van der Waals surface area contributed by atoms with Gasteiger partial charge in [-0.05, 0) is 43.2 Å². The van der Waals surface area contributed by atoms with E-state index in [4.69, 9.17) is 15.2 Å². The molecule has 2 rings (SSSR count). The van der Waals surface area contributed by atoms with Crippen LogP contribution in [0.25, 0.3) is 0 Å². The van der Waals surface area contributed by atoms with Crippen LogP contribution in [0.1, 0.15) is 31.4 Å². The lowest BCUT2D eigenvalue weighted by Gasteiger charge is -2.13. The number of ether oxygens (including phenoxy) is 2. The zero-order chi connectivity index (χ0) is 17.9. The highest BCUT2D eigenvalue weighted by atomic mass is 16.5. The Morgan fingerprint density at radius 1 is 1.04 bits per heavy atom. The normalized spacial score (nSPS) is 11.6. The zero-order valence-corrected chi connectivity index (χ0v) is 14.6. The highest BCUT2D eigenvalue weighted by molar-refractivity contribution is 5.75. The van der Waals surface area contributed by atoms with Crippen LogP contribution < -0.4 is 20.5 Å². The summed E-state index contributed by atoms with van der Waals surface area (Å²) in [5, 5.41) is 2.87. The Kier molecular flexibility index (Phi) is 7.79. The van der Waals surface area contributed by atoms with Crippen LogP contribution in [0.3, 0.4) is 0 Å². The van der Waals surface area contributed by atoms with Crippen molar-refractivity contribution < 1.29 is 14.3 Å². The lowest BCUT2D eigenvalue weighted by molar-refractivity contribution is -0.121. The van der Waals surface area contributed by atoms with Gasteiger partial charge in [-0.15, -0.1) is 0 Å². The molecule has 0 bridgehead atoms. The maximum Gasteiger partial charge on any atom is 0.220 e. The van der Waals surface area contributed by atoms with Gasteiger partial charge in [0.2, 0.25) is 5.91 Å². The fourth-order valence-electron chi connectivity index (χ4n) is 2.35. The second kappa shape index (κ2) is 10.4. The Morgan fingerprint density at radius 2 is 1.68 bits per heavy atom. The van der Waals surface area contributed by atoms with Crippen LogP contribution in [0.4, 0.5) is 0 Å². The van der Waals surface area contributed by atoms with Crippen molar-refractivity contribution in [1.82, 2.24) is 5.32 Å². The molecule has 5 nitrogen and oxygen atoms in total. The minimum atomic E-state index is -0.190. The summed E-state index contributed by atoms with van der Waals surface area (Å²) in [5.41, 5.74) is 7.07. The molecule has 3 N–H and O–H groups in total. The van der Waals surface area contributed by atoms with Crippen molar-refractivity contribution in [1.29, 1.82) is 0 Å². The first-order valence-electron chi connectivity index (χ1n) is 8.62. The minimum Gasteiger partial charge on any atom is -0.494 e. The minimum absolute atomic E-state index is 0.0123. The summed E-state index contributed by atoms with van der Waals surface area (Å²) < 4.78 is 11.0. The van der Waals surface area contributed by atoms with Crippen molar-refractivity contribution in [2.45, 2.75) is 25.8 Å². The van der Waals surface area contributed by atoms with E-state index in [0.717, 1.165) is 17.1 Å². The monoisotopic (exact) mass is 342 g/mol. The molecule has 1 unspecified atom stereocenters. The quantitative estimate of drug-likeness (QED) is 0.651. The van der Waals surface area contributed by atoms with Crippen LogP contribution in [-0.4, -0.2) is 25.7 Å². The molecule has 0 radical (unpaired) electrons. The van der Waals surface area contributed by atoms with E-state index in [1.54, 1.807) is 0 Å². The maximum atomic E-state index is 11.9. The number of hydrogen-bond acceptors (Lipinski definition) is 4. The van der Waals surface area contributed by atoms with Gasteiger partial charge in [-0.2, -0.15) is 0 Å². The van der Waals surface area contributed by atoms with E-state index in [1.807, 2.05) is 61.5 Å². The molecule has 5 heteroatoms. The van der Waals surface area contributed by atoms with Gasteiger partial charge >= 0.3 is 0 Å². The molecule has 0 aromatic heterocycles. The van der Waals surface area contributed by atoms with Crippen LogP contribution in [-0.2, 0) is 4.79 Å². The van der Waals surface area contributed by atoms with Crippen LogP contribution in [0, 0.1) is 0 Å². The molecule has 0 aliphatic carbocycles. The molecule has 0 heterocycles. The highest BCUT2D eigenvalue weighted by Gasteiger charge is 2.07. The van der Waals surface area contributed by atoms with Crippen LogP contribution >= 0.6 is 0 Å². The Balaban J connectivity index is 1.60. The molecule has 0 spiro atoms. The van der Waals surface area contributed by atoms with E-state index in [9.17, 15) is 4.79 Å². The predicted molar refractivity (Wildman–Crippen MR) is 98.7 cm³/mol. The van der Waals surface area contributed by atoms with Gasteiger partial charge in [0.05, 0.1) is 13.2 Å². The molecule has 1 amide bonds. The SMILES string of the molecule is CCOc1ccc(OCCCC(=O)NCC(N)c2ccccc2)cc1. The Morgan fingerprint density at radius 3 is 2.32 bits per heavy atom. The van der Waals surface area contributed by atoms with Gasteiger partial charge in [-0.25, -0.2) is 0 Å². The fourth-order valence-corrected chi connectivity index (χ4v) is 2.35. The van der Waals surface area contributed by atoms with E-state index in [2.05, 4.69) is 5.32 Å². The van der Waals surface area contributed by atoms with E-state index >= 15 is 0 Å². The van der Waals surface area contributed by atoms with Gasteiger partial charge in [0, 0.05) is 19.0 Å². The Labute approximate surface area is 149 Å². The van der Waals surface area contributed by atoms with Crippen molar-refractivity contribution in [3.05, 3.63) is 60.2 Å². The number of carbonyl (C=O) groups excluding carboxylic acids is 1. The van der Waals surface area contributed by atoms with Gasteiger partial charge in [-0.3, -0.25) is 4.79 Å². The molecule has 25 heavy (non-hydrogen) atoms. The third kappa shape index (κ3) is 6.85. The van der Waals surface area contributed by atoms with Crippen molar-refractivity contribution in [3.63, 3.8) is 0 Å². The first kappa shape index (κ1) is 18.8. The maximum absolute atomic E-state index is 11.9. The third-order valence-electron chi connectivity index (χ3n) is 3.70. The van der Waals surface area contributed by atoms with Gasteiger partial charge in [0.1, 0.15) is 11.5 Å². The highest BCUT2D eigenvalue weighted by Crippen LogP contribution is 2.17. The Bertz CT molecular complexity index is 629. The lowest BCUT2D eigenvalue weighted by atomic mass is 10.1. The number of nitrogens with one attached hydrogen (secondary N) is 1.